The zero-order valence-corrected chi connectivity index (χ0v) is 16.3. The number of nitrogens with zero attached hydrogens (tertiary/aromatic N) is 1. The molecule has 3 rings (SSSR count). The minimum Gasteiger partial charge on any atom is -0.353 e. The van der Waals surface area contributed by atoms with Gasteiger partial charge in [-0.3, -0.25) is 9.59 Å². The van der Waals surface area contributed by atoms with E-state index in [2.05, 4.69) is 5.32 Å². The first-order chi connectivity index (χ1) is 12.8. The second kappa shape index (κ2) is 10.0. The molecule has 4 nitrogen and oxygen atoms in total. The summed E-state index contributed by atoms with van der Waals surface area (Å²) in [5, 5.41) is 3.84. The molecule has 2 aliphatic rings. The maximum absolute atomic E-state index is 12.8. The molecule has 1 heterocycles. The van der Waals surface area contributed by atoms with Gasteiger partial charge in [0.15, 0.2) is 0 Å². The highest BCUT2D eigenvalue weighted by Gasteiger charge is 2.32. The molecule has 1 N–H and O–H groups in total. The van der Waals surface area contributed by atoms with Crippen molar-refractivity contribution in [2.75, 3.05) is 18.8 Å². The average Bonchev–Trinajstić information content (AvgIpc) is 2.72. The highest BCUT2D eigenvalue weighted by Crippen LogP contribution is 2.27. The van der Waals surface area contributed by atoms with Crippen molar-refractivity contribution in [3.8, 4) is 0 Å². The van der Waals surface area contributed by atoms with Crippen molar-refractivity contribution in [2.45, 2.75) is 62.7 Å². The number of amides is 2. The number of piperidine rings is 1. The molecule has 0 aromatic heterocycles. The van der Waals surface area contributed by atoms with Gasteiger partial charge in [-0.2, -0.15) is 11.8 Å². The van der Waals surface area contributed by atoms with E-state index < -0.39 is 0 Å². The van der Waals surface area contributed by atoms with Gasteiger partial charge in [-0.05, 0) is 44.2 Å². The Kier molecular flexibility index (Phi) is 7.42. The van der Waals surface area contributed by atoms with Gasteiger partial charge >= 0.3 is 0 Å². The Hall–Kier alpha value is -1.49. The highest BCUT2D eigenvalue weighted by molar-refractivity contribution is 7.99. The van der Waals surface area contributed by atoms with Gasteiger partial charge in [0.25, 0.3) is 5.91 Å². The van der Waals surface area contributed by atoms with E-state index in [-0.39, 0.29) is 17.9 Å². The molecule has 1 atom stereocenters. The summed E-state index contributed by atoms with van der Waals surface area (Å²) in [6.07, 6.45) is 9.46. The SMILES string of the molecule is O=C(NCCSC1CCCCC1)[C@H]1CCCCN1C(=O)c1ccccc1. The van der Waals surface area contributed by atoms with E-state index in [9.17, 15) is 9.59 Å². The molecule has 0 spiro atoms. The van der Waals surface area contributed by atoms with Gasteiger partial charge in [0.1, 0.15) is 6.04 Å². The van der Waals surface area contributed by atoms with E-state index in [1.807, 2.05) is 42.1 Å². The minimum absolute atomic E-state index is 0.0122. The Bertz CT molecular complexity index is 587. The fraction of sp³-hybridized carbons (Fsp3) is 0.619. The van der Waals surface area contributed by atoms with Crippen LogP contribution in [-0.4, -0.2) is 46.8 Å². The Morgan fingerprint density at radius 2 is 1.73 bits per heavy atom. The topological polar surface area (TPSA) is 49.4 Å². The van der Waals surface area contributed by atoms with Crippen molar-refractivity contribution in [3.63, 3.8) is 0 Å². The number of carbonyl (C=O) groups is 2. The Balaban J connectivity index is 1.48. The smallest absolute Gasteiger partial charge is 0.254 e. The lowest BCUT2D eigenvalue weighted by molar-refractivity contribution is -0.126. The van der Waals surface area contributed by atoms with Crippen LogP contribution in [0.2, 0.25) is 0 Å². The van der Waals surface area contributed by atoms with Crippen LogP contribution >= 0.6 is 11.8 Å². The van der Waals surface area contributed by atoms with Crippen molar-refractivity contribution in [2.24, 2.45) is 0 Å². The lowest BCUT2D eigenvalue weighted by Crippen LogP contribution is -2.52. The first-order valence-electron chi connectivity index (χ1n) is 10.0. The summed E-state index contributed by atoms with van der Waals surface area (Å²) >= 11 is 1.99. The number of likely N-dealkylation sites (tertiary alicyclic amines) is 1. The first-order valence-corrected chi connectivity index (χ1v) is 11.1. The molecule has 1 saturated heterocycles. The molecule has 142 valence electrons. The molecule has 2 fully saturated rings. The Morgan fingerprint density at radius 1 is 1.00 bits per heavy atom. The summed E-state index contributed by atoms with van der Waals surface area (Å²) in [6, 6.07) is 8.97. The van der Waals surface area contributed by atoms with E-state index in [4.69, 9.17) is 0 Å². The number of nitrogens with one attached hydrogen (secondary N) is 1. The van der Waals surface area contributed by atoms with E-state index in [1.165, 1.54) is 32.1 Å². The maximum Gasteiger partial charge on any atom is 0.254 e. The van der Waals surface area contributed by atoms with Crippen LogP contribution in [0.4, 0.5) is 0 Å². The van der Waals surface area contributed by atoms with Crippen molar-refractivity contribution < 1.29 is 9.59 Å². The second-order valence-electron chi connectivity index (χ2n) is 7.30. The third kappa shape index (κ3) is 5.26. The van der Waals surface area contributed by atoms with Gasteiger partial charge < -0.3 is 10.2 Å². The maximum atomic E-state index is 12.8. The average molecular weight is 375 g/mol. The molecule has 0 unspecified atom stereocenters. The Morgan fingerprint density at radius 3 is 2.50 bits per heavy atom. The number of carbonyl (C=O) groups excluding carboxylic acids is 2. The van der Waals surface area contributed by atoms with E-state index in [1.54, 1.807) is 4.90 Å². The van der Waals surface area contributed by atoms with Crippen molar-refractivity contribution in [1.82, 2.24) is 10.2 Å². The van der Waals surface area contributed by atoms with Crippen LogP contribution in [0.5, 0.6) is 0 Å². The minimum atomic E-state index is -0.323. The summed E-state index contributed by atoms with van der Waals surface area (Å²) in [4.78, 5) is 27.2. The fourth-order valence-electron chi connectivity index (χ4n) is 3.94. The van der Waals surface area contributed by atoms with Crippen molar-refractivity contribution in [3.05, 3.63) is 35.9 Å². The highest BCUT2D eigenvalue weighted by atomic mass is 32.2. The molecule has 0 bridgehead atoms. The summed E-state index contributed by atoms with van der Waals surface area (Å²) in [6.45, 7) is 1.37. The molecule has 1 aromatic rings. The van der Waals surface area contributed by atoms with Crippen LogP contribution in [0.25, 0.3) is 0 Å². The van der Waals surface area contributed by atoms with Crippen LogP contribution in [0.1, 0.15) is 61.7 Å². The zero-order valence-electron chi connectivity index (χ0n) is 15.5. The number of thioether (sulfide) groups is 1. The van der Waals surface area contributed by atoms with Gasteiger partial charge in [0.2, 0.25) is 5.91 Å². The van der Waals surface area contributed by atoms with Gasteiger partial charge in [0, 0.05) is 29.7 Å². The lowest BCUT2D eigenvalue weighted by Gasteiger charge is -2.34. The molecule has 1 aliphatic heterocycles. The molecular formula is C21H30N2O2S. The van der Waals surface area contributed by atoms with E-state index in [0.29, 0.717) is 18.7 Å². The van der Waals surface area contributed by atoms with Crippen LogP contribution in [0.15, 0.2) is 30.3 Å². The van der Waals surface area contributed by atoms with Gasteiger partial charge in [-0.15, -0.1) is 0 Å². The largest absolute Gasteiger partial charge is 0.353 e. The molecule has 26 heavy (non-hydrogen) atoms. The van der Waals surface area contributed by atoms with E-state index >= 15 is 0 Å². The zero-order chi connectivity index (χ0) is 18.2. The molecule has 1 aromatic carbocycles. The lowest BCUT2D eigenvalue weighted by atomic mass is 10.00. The molecule has 1 saturated carbocycles. The first kappa shape index (κ1) is 19.3. The fourth-order valence-corrected chi connectivity index (χ4v) is 5.16. The number of rotatable bonds is 6. The predicted octanol–water partition coefficient (Wildman–Crippen LogP) is 3.86. The number of hydrogen-bond donors (Lipinski definition) is 1. The van der Waals surface area contributed by atoms with Crippen LogP contribution < -0.4 is 5.32 Å². The van der Waals surface area contributed by atoms with Gasteiger partial charge in [-0.25, -0.2) is 0 Å². The standard InChI is InChI=1S/C21H30N2O2S/c24-20(22-14-16-26-18-11-5-2-6-12-18)19-13-7-8-15-23(19)21(25)17-9-3-1-4-10-17/h1,3-4,9-10,18-19H,2,5-8,11-16H2,(H,22,24)/t19-/m1/s1. The molecule has 2 amide bonds. The number of benzene rings is 1. The third-order valence-electron chi connectivity index (χ3n) is 5.39. The molecule has 5 heteroatoms. The van der Waals surface area contributed by atoms with Gasteiger partial charge in [-0.1, -0.05) is 37.5 Å². The summed E-state index contributed by atoms with van der Waals surface area (Å²) < 4.78 is 0. The summed E-state index contributed by atoms with van der Waals surface area (Å²) in [5.41, 5.74) is 0.667. The molecular weight excluding hydrogens is 344 g/mol. The quantitative estimate of drug-likeness (QED) is 0.769. The van der Waals surface area contributed by atoms with Crippen LogP contribution in [-0.2, 0) is 4.79 Å². The van der Waals surface area contributed by atoms with Crippen molar-refractivity contribution >= 4 is 23.6 Å². The monoisotopic (exact) mass is 374 g/mol. The third-order valence-corrected chi connectivity index (χ3v) is 6.78. The van der Waals surface area contributed by atoms with Crippen LogP contribution in [0, 0.1) is 0 Å². The number of hydrogen-bond acceptors (Lipinski definition) is 3. The summed E-state index contributed by atoms with van der Waals surface area (Å²) in [5.74, 6) is 0.954. The molecule has 1 aliphatic carbocycles. The second-order valence-corrected chi connectivity index (χ2v) is 8.71. The molecule has 0 radical (unpaired) electrons. The predicted molar refractivity (Wildman–Crippen MR) is 107 cm³/mol. The Labute approximate surface area is 161 Å². The van der Waals surface area contributed by atoms with Gasteiger partial charge in [0.05, 0.1) is 0 Å². The van der Waals surface area contributed by atoms with Crippen LogP contribution in [0.3, 0.4) is 0 Å². The van der Waals surface area contributed by atoms with Crippen molar-refractivity contribution in [1.29, 1.82) is 0 Å². The normalized spacial score (nSPS) is 21.4. The van der Waals surface area contributed by atoms with E-state index in [0.717, 1.165) is 30.3 Å². The summed E-state index contributed by atoms with van der Waals surface area (Å²) in [7, 11) is 0.